The van der Waals surface area contributed by atoms with Crippen molar-refractivity contribution in [2.45, 2.75) is 69.9 Å². The summed E-state index contributed by atoms with van der Waals surface area (Å²) >= 11 is 0. The largest absolute Gasteiger partial charge is 0.493 e. The molecule has 0 radical (unpaired) electrons. The normalized spacial score (nSPS) is 23.4. The second kappa shape index (κ2) is 13.2. The summed E-state index contributed by atoms with van der Waals surface area (Å²) in [6, 6.07) is 14.6. The summed E-state index contributed by atoms with van der Waals surface area (Å²) in [5.74, 6) is 3.31. The number of methoxy groups -OCH3 is 2. The number of para-hydroxylation sites is 4. The van der Waals surface area contributed by atoms with E-state index in [1.165, 1.54) is 6.42 Å². The van der Waals surface area contributed by atoms with Gasteiger partial charge in [0.25, 0.3) is 0 Å². The highest BCUT2D eigenvalue weighted by Crippen LogP contribution is 2.36. The molecule has 2 saturated carbocycles. The molecule has 2 aliphatic rings. The second-order valence-corrected chi connectivity index (χ2v) is 10.0. The first-order chi connectivity index (χ1) is 18.0. The fraction of sp³-hybridized carbons (Fsp3) is 0.517. The predicted octanol–water partition coefficient (Wildman–Crippen LogP) is 6.09. The molecule has 8 nitrogen and oxygen atoms in total. The predicted molar refractivity (Wildman–Crippen MR) is 140 cm³/mol. The Morgan fingerprint density at radius 2 is 0.973 bits per heavy atom. The van der Waals surface area contributed by atoms with E-state index in [1.54, 1.807) is 38.5 Å². The van der Waals surface area contributed by atoms with Gasteiger partial charge in [0, 0.05) is 12.1 Å². The molecule has 0 unspecified atom stereocenters. The van der Waals surface area contributed by atoms with Gasteiger partial charge in [-0.25, -0.2) is 9.59 Å². The third kappa shape index (κ3) is 7.78. The average Bonchev–Trinajstić information content (AvgIpc) is 2.91. The van der Waals surface area contributed by atoms with Crippen LogP contribution in [0.2, 0.25) is 0 Å². The molecule has 0 aliphatic heterocycles. The van der Waals surface area contributed by atoms with Crippen molar-refractivity contribution in [1.29, 1.82) is 0 Å². The quantitative estimate of drug-likeness (QED) is 0.446. The lowest BCUT2D eigenvalue weighted by Crippen LogP contribution is -2.40. The van der Waals surface area contributed by atoms with Gasteiger partial charge in [0.2, 0.25) is 0 Å². The molecule has 200 valence electrons. The molecule has 2 aromatic carbocycles. The van der Waals surface area contributed by atoms with Crippen molar-refractivity contribution < 1.29 is 28.5 Å². The number of amides is 2. The molecule has 0 atom stereocenters. The number of benzene rings is 2. The topological polar surface area (TPSA) is 95.1 Å². The molecule has 0 saturated heterocycles. The molecule has 0 aromatic heterocycles. The van der Waals surface area contributed by atoms with Crippen LogP contribution >= 0.6 is 0 Å². The SMILES string of the molecule is COc1ccccc1OC(=O)NC1CCC(CC2CCC(NC(=O)Oc3ccccc3OC)CC2)CC1. The lowest BCUT2D eigenvalue weighted by Gasteiger charge is -2.34. The molecule has 4 rings (SSSR count). The van der Waals surface area contributed by atoms with Gasteiger partial charge in [-0.05, 0) is 93.9 Å². The van der Waals surface area contributed by atoms with Crippen LogP contribution < -0.4 is 29.6 Å². The number of nitrogens with one attached hydrogen (secondary N) is 2. The maximum absolute atomic E-state index is 12.4. The van der Waals surface area contributed by atoms with E-state index in [9.17, 15) is 9.59 Å². The fourth-order valence-electron chi connectivity index (χ4n) is 5.55. The molecule has 0 heterocycles. The van der Waals surface area contributed by atoms with Crippen molar-refractivity contribution in [2.75, 3.05) is 14.2 Å². The van der Waals surface area contributed by atoms with E-state index in [1.807, 2.05) is 24.3 Å². The third-order valence-corrected chi connectivity index (χ3v) is 7.55. The van der Waals surface area contributed by atoms with Crippen molar-refractivity contribution in [1.82, 2.24) is 10.6 Å². The van der Waals surface area contributed by atoms with Crippen LogP contribution in [0, 0.1) is 11.8 Å². The summed E-state index contributed by atoms with van der Waals surface area (Å²) in [5.41, 5.74) is 0. The Balaban J connectivity index is 1.12. The van der Waals surface area contributed by atoms with E-state index in [0.717, 1.165) is 51.4 Å². The average molecular weight is 511 g/mol. The van der Waals surface area contributed by atoms with E-state index in [4.69, 9.17) is 18.9 Å². The molecule has 37 heavy (non-hydrogen) atoms. The van der Waals surface area contributed by atoms with Crippen molar-refractivity contribution in [3.8, 4) is 23.0 Å². The van der Waals surface area contributed by atoms with Gasteiger partial charge in [0.1, 0.15) is 0 Å². The summed E-state index contributed by atoms with van der Waals surface area (Å²) in [7, 11) is 3.12. The molecule has 2 aromatic rings. The first-order valence-electron chi connectivity index (χ1n) is 13.3. The molecular weight excluding hydrogens is 472 g/mol. The van der Waals surface area contributed by atoms with E-state index in [0.29, 0.717) is 34.8 Å². The van der Waals surface area contributed by atoms with Gasteiger partial charge in [-0.1, -0.05) is 24.3 Å². The first-order valence-corrected chi connectivity index (χ1v) is 13.3. The Morgan fingerprint density at radius 3 is 1.32 bits per heavy atom. The van der Waals surface area contributed by atoms with Gasteiger partial charge in [-0.2, -0.15) is 0 Å². The minimum atomic E-state index is -0.428. The van der Waals surface area contributed by atoms with Gasteiger partial charge in [-0.3, -0.25) is 0 Å². The van der Waals surface area contributed by atoms with Crippen molar-refractivity contribution in [2.24, 2.45) is 11.8 Å². The Kier molecular flexibility index (Phi) is 9.52. The van der Waals surface area contributed by atoms with Crippen LogP contribution in [0.25, 0.3) is 0 Å². The maximum Gasteiger partial charge on any atom is 0.412 e. The summed E-state index contributed by atoms with van der Waals surface area (Å²) in [6.45, 7) is 0. The van der Waals surface area contributed by atoms with E-state index in [-0.39, 0.29) is 12.1 Å². The highest BCUT2D eigenvalue weighted by molar-refractivity contribution is 5.72. The monoisotopic (exact) mass is 510 g/mol. The number of hydrogen-bond acceptors (Lipinski definition) is 6. The third-order valence-electron chi connectivity index (χ3n) is 7.55. The number of carbonyl (C=O) groups excluding carboxylic acids is 2. The molecule has 2 aliphatic carbocycles. The molecule has 2 amide bonds. The van der Waals surface area contributed by atoms with Crippen LogP contribution in [0.15, 0.2) is 48.5 Å². The maximum atomic E-state index is 12.4. The van der Waals surface area contributed by atoms with E-state index < -0.39 is 12.2 Å². The second-order valence-electron chi connectivity index (χ2n) is 10.0. The summed E-state index contributed by atoms with van der Waals surface area (Å²) in [6.07, 6.45) is 8.70. The lowest BCUT2D eigenvalue weighted by atomic mass is 9.76. The zero-order valence-corrected chi connectivity index (χ0v) is 21.7. The van der Waals surface area contributed by atoms with Gasteiger partial charge in [0.15, 0.2) is 23.0 Å². The van der Waals surface area contributed by atoms with Crippen LogP contribution in [0.3, 0.4) is 0 Å². The Morgan fingerprint density at radius 1 is 0.622 bits per heavy atom. The summed E-state index contributed by atoms with van der Waals surface area (Å²) in [5, 5.41) is 6.03. The van der Waals surface area contributed by atoms with Crippen molar-refractivity contribution in [3.63, 3.8) is 0 Å². The number of carbonyl (C=O) groups is 2. The Bertz CT molecular complexity index is 947. The highest BCUT2D eigenvalue weighted by atomic mass is 16.6. The molecule has 0 bridgehead atoms. The lowest BCUT2D eigenvalue weighted by molar-refractivity contribution is 0.173. The Hall–Kier alpha value is -3.42. The van der Waals surface area contributed by atoms with Gasteiger partial charge in [0.05, 0.1) is 14.2 Å². The summed E-state index contributed by atoms with van der Waals surface area (Å²) < 4.78 is 21.4. The zero-order chi connectivity index (χ0) is 26.0. The van der Waals surface area contributed by atoms with Crippen molar-refractivity contribution in [3.05, 3.63) is 48.5 Å². The van der Waals surface area contributed by atoms with E-state index in [2.05, 4.69) is 10.6 Å². The van der Waals surface area contributed by atoms with Crippen LogP contribution in [-0.2, 0) is 0 Å². The number of rotatable bonds is 8. The number of hydrogen-bond donors (Lipinski definition) is 2. The highest BCUT2D eigenvalue weighted by Gasteiger charge is 2.28. The minimum absolute atomic E-state index is 0.146. The van der Waals surface area contributed by atoms with Gasteiger partial charge >= 0.3 is 12.2 Å². The molecule has 2 N–H and O–H groups in total. The van der Waals surface area contributed by atoms with Crippen LogP contribution in [0.1, 0.15) is 57.8 Å². The van der Waals surface area contributed by atoms with Gasteiger partial charge < -0.3 is 29.6 Å². The molecule has 2 fully saturated rings. The molecule has 0 spiro atoms. The molecular formula is C29H38N2O6. The van der Waals surface area contributed by atoms with Crippen molar-refractivity contribution >= 4 is 12.2 Å². The van der Waals surface area contributed by atoms with E-state index >= 15 is 0 Å². The van der Waals surface area contributed by atoms with Crippen LogP contribution in [0.4, 0.5) is 9.59 Å². The van der Waals surface area contributed by atoms with Crippen LogP contribution in [0.5, 0.6) is 23.0 Å². The van der Waals surface area contributed by atoms with Crippen LogP contribution in [-0.4, -0.2) is 38.5 Å². The standard InChI is InChI=1S/C29H38N2O6/c1-34-24-7-3-5-9-26(24)36-28(32)30-22-15-11-20(12-16-22)19-21-13-17-23(18-14-21)31-29(33)37-27-10-6-4-8-25(27)35-2/h3-10,20-23H,11-19H2,1-2H3,(H,30,32)(H,31,33). The van der Waals surface area contributed by atoms with Gasteiger partial charge in [-0.15, -0.1) is 0 Å². The Labute approximate surface area is 219 Å². The first kappa shape index (κ1) is 26.6. The molecule has 8 heteroatoms. The smallest absolute Gasteiger partial charge is 0.412 e. The zero-order valence-electron chi connectivity index (χ0n) is 21.7. The fourth-order valence-corrected chi connectivity index (χ4v) is 5.55. The minimum Gasteiger partial charge on any atom is -0.493 e. The number of ether oxygens (including phenoxy) is 4. The summed E-state index contributed by atoms with van der Waals surface area (Å²) in [4.78, 5) is 24.7.